The molecule has 0 unspecified atom stereocenters. The maximum Gasteiger partial charge on any atom is 0.169 e. The van der Waals surface area contributed by atoms with Gasteiger partial charge in [0.2, 0.25) is 0 Å². The maximum atomic E-state index is 14.5. The number of halogens is 2. The third-order valence-electron chi connectivity index (χ3n) is 6.55. The molecule has 0 atom stereocenters. The number of Topliss-reactive ketones (excluding diaryl/α,β-unsaturated/α-hetero) is 1. The van der Waals surface area contributed by atoms with Gasteiger partial charge in [0, 0.05) is 41.2 Å². The van der Waals surface area contributed by atoms with Crippen molar-refractivity contribution >= 4 is 22.4 Å². The molecule has 7 heteroatoms. The highest BCUT2D eigenvalue weighted by atomic mass is 19.1. The summed E-state index contributed by atoms with van der Waals surface area (Å²) in [7, 11) is 0. The second-order valence-electron chi connectivity index (χ2n) is 8.96. The summed E-state index contributed by atoms with van der Waals surface area (Å²) in [6.07, 6.45) is 7.02. The highest BCUT2D eigenvalue weighted by Crippen LogP contribution is 2.39. The van der Waals surface area contributed by atoms with Gasteiger partial charge in [0.25, 0.3) is 0 Å². The first-order valence-electron chi connectivity index (χ1n) is 11.1. The number of nitrogens with zero attached hydrogens (tertiary/aromatic N) is 1. The van der Waals surface area contributed by atoms with Crippen LogP contribution in [0, 0.1) is 17.6 Å². The first-order valence-corrected chi connectivity index (χ1v) is 11.1. The van der Waals surface area contributed by atoms with Gasteiger partial charge < -0.3 is 16.2 Å². The number of aromatic nitrogens is 1. The van der Waals surface area contributed by atoms with Gasteiger partial charge >= 0.3 is 0 Å². The Kier molecular flexibility index (Phi) is 5.29. The van der Waals surface area contributed by atoms with E-state index in [4.69, 9.17) is 5.73 Å². The lowest BCUT2D eigenvalue weighted by Crippen LogP contribution is -2.33. The van der Waals surface area contributed by atoms with Crippen LogP contribution in [0.1, 0.15) is 48.9 Å². The van der Waals surface area contributed by atoms with E-state index in [-0.39, 0.29) is 29.3 Å². The molecule has 3 aromatic rings. The van der Waals surface area contributed by atoms with Crippen molar-refractivity contribution in [1.29, 1.82) is 0 Å². The van der Waals surface area contributed by atoms with Crippen LogP contribution in [0.3, 0.4) is 0 Å². The SMILES string of the molecule is N[C@H]1CC[C@H](Nc2c(C(=O)C3CC3)cnc3ccc(-c4cc(F)c(O)cc4F)cc23)CC1. The summed E-state index contributed by atoms with van der Waals surface area (Å²) in [4.78, 5) is 17.5. The van der Waals surface area contributed by atoms with Crippen molar-refractivity contribution in [3.63, 3.8) is 0 Å². The monoisotopic (exact) mass is 437 g/mol. The molecule has 2 aromatic carbocycles. The van der Waals surface area contributed by atoms with Crippen molar-refractivity contribution in [2.75, 3.05) is 5.32 Å². The van der Waals surface area contributed by atoms with E-state index in [9.17, 15) is 18.7 Å². The predicted molar refractivity (Wildman–Crippen MR) is 120 cm³/mol. The molecular formula is C25H25F2N3O2. The van der Waals surface area contributed by atoms with Gasteiger partial charge in [-0.3, -0.25) is 9.78 Å². The van der Waals surface area contributed by atoms with Crippen LogP contribution >= 0.6 is 0 Å². The molecule has 0 spiro atoms. The molecule has 32 heavy (non-hydrogen) atoms. The number of fused-ring (bicyclic) bond motifs is 1. The second-order valence-corrected chi connectivity index (χ2v) is 8.96. The zero-order chi connectivity index (χ0) is 22.4. The van der Waals surface area contributed by atoms with Crippen molar-refractivity contribution in [3.8, 4) is 16.9 Å². The van der Waals surface area contributed by atoms with Crippen molar-refractivity contribution in [2.45, 2.75) is 50.6 Å². The minimum atomic E-state index is -0.894. The lowest BCUT2D eigenvalue weighted by atomic mass is 9.91. The third kappa shape index (κ3) is 3.93. The molecule has 2 fully saturated rings. The van der Waals surface area contributed by atoms with Crippen molar-refractivity contribution < 1.29 is 18.7 Å². The lowest BCUT2D eigenvalue weighted by Gasteiger charge is -2.29. The Hall–Kier alpha value is -3.06. The number of rotatable bonds is 5. The van der Waals surface area contributed by atoms with Crippen molar-refractivity contribution in [3.05, 3.63) is 53.7 Å². The number of hydrogen-bond acceptors (Lipinski definition) is 5. The standard InChI is InChI=1S/C25H25F2N3O2/c26-20-11-23(31)21(27)10-17(20)14-3-8-22-18(9-14)24(30-16-6-4-15(28)5-7-16)19(12-29-22)25(32)13-1-2-13/h3,8-13,15-16,31H,1-2,4-7,28H2,(H,29,30)/t15-,16-. The van der Waals surface area contributed by atoms with Gasteiger partial charge in [0.15, 0.2) is 17.3 Å². The number of aromatic hydroxyl groups is 1. The van der Waals surface area contributed by atoms with Gasteiger partial charge in [-0.25, -0.2) is 8.78 Å². The molecule has 1 heterocycles. The summed E-state index contributed by atoms with van der Waals surface area (Å²) in [5.41, 5.74) is 8.45. The number of anilines is 1. The van der Waals surface area contributed by atoms with Gasteiger partial charge in [0.1, 0.15) is 5.82 Å². The molecule has 0 radical (unpaired) electrons. The Labute approximate surface area is 184 Å². The smallest absolute Gasteiger partial charge is 0.169 e. The zero-order valence-electron chi connectivity index (χ0n) is 17.6. The number of nitrogens with two attached hydrogens (primary N) is 1. The quantitative estimate of drug-likeness (QED) is 0.480. The summed E-state index contributed by atoms with van der Waals surface area (Å²) in [5, 5.41) is 13.7. The van der Waals surface area contributed by atoms with E-state index in [0.717, 1.165) is 50.7 Å². The highest BCUT2D eigenvalue weighted by Gasteiger charge is 2.33. The fraction of sp³-hybridized carbons (Fsp3) is 0.360. The number of benzene rings is 2. The number of nitrogens with one attached hydrogen (secondary N) is 1. The van der Waals surface area contributed by atoms with E-state index >= 15 is 0 Å². The van der Waals surface area contributed by atoms with Crippen LogP contribution in [0.4, 0.5) is 14.5 Å². The van der Waals surface area contributed by atoms with Gasteiger partial charge in [-0.2, -0.15) is 0 Å². The summed E-state index contributed by atoms with van der Waals surface area (Å²) >= 11 is 0. The molecule has 2 saturated carbocycles. The average molecular weight is 437 g/mol. The second kappa shape index (κ2) is 8.13. The van der Waals surface area contributed by atoms with E-state index in [1.807, 2.05) is 0 Å². The van der Waals surface area contributed by atoms with Crippen LogP contribution < -0.4 is 11.1 Å². The largest absolute Gasteiger partial charge is 0.505 e. The Morgan fingerprint density at radius 1 is 1.03 bits per heavy atom. The van der Waals surface area contributed by atoms with Crippen LogP contribution in [0.2, 0.25) is 0 Å². The molecule has 5 rings (SSSR count). The van der Waals surface area contributed by atoms with E-state index in [2.05, 4.69) is 10.3 Å². The fourth-order valence-corrected chi connectivity index (χ4v) is 4.49. The molecule has 0 saturated heterocycles. The van der Waals surface area contributed by atoms with Gasteiger partial charge in [0.05, 0.1) is 16.8 Å². The minimum absolute atomic E-state index is 0.0291. The third-order valence-corrected chi connectivity index (χ3v) is 6.55. The van der Waals surface area contributed by atoms with Crippen LogP contribution in [0.25, 0.3) is 22.0 Å². The summed E-state index contributed by atoms with van der Waals surface area (Å²) in [5.74, 6) is -2.25. The average Bonchev–Trinajstić information content (AvgIpc) is 3.63. The Morgan fingerprint density at radius 2 is 1.78 bits per heavy atom. The summed E-state index contributed by atoms with van der Waals surface area (Å²) in [6, 6.07) is 7.26. The Balaban J connectivity index is 1.63. The molecule has 4 N–H and O–H groups in total. The van der Waals surface area contributed by atoms with Crippen LogP contribution in [0.5, 0.6) is 5.75 Å². The Morgan fingerprint density at radius 3 is 2.50 bits per heavy atom. The number of pyridine rings is 1. The van der Waals surface area contributed by atoms with Gasteiger partial charge in [-0.15, -0.1) is 0 Å². The highest BCUT2D eigenvalue weighted by molar-refractivity contribution is 6.10. The summed E-state index contributed by atoms with van der Waals surface area (Å²) < 4.78 is 28.5. The van der Waals surface area contributed by atoms with E-state index in [0.29, 0.717) is 27.7 Å². The molecule has 166 valence electrons. The topological polar surface area (TPSA) is 88.2 Å². The first-order chi connectivity index (χ1) is 15.4. The van der Waals surface area contributed by atoms with E-state index < -0.39 is 17.4 Å². The number of hydrogen-bond donors (Lipinski definition) is 3. The minimum Gasteiger partial charge on any atom is -0.505 e. The molecule has 2 aliphatic rings. The fourth-order valence-electron chi connectivity index (χ4n) is 4.49. The number of phenols is 1. The van der Waals surface area contributed by atoms with Crippen molar-refractivity contribution in [2.24, 2.45) is 11.7 Å². The van der Waals surface area contributed by atoms with Gasteiger partial charge in [-0.1, -0.05) is 6.07 Å². The van der Waals surface area contributed by atoms with E-state index in [1.165, 1.54) is 0 Å². The molecular weight excluding hydrogens is 412 g/mol. The first kappa shape index (κ1) is 20.8. The van der Waals surface area contributed by atoms with Crippen LogP contribution in [0.15, 0.2) is 36.5 Å². The molecule has 0 aliphatic heterocycles. The van der Waals surface area contributed by atoms with Crippen LogP contribution in [-0.2, 0) is 0 Å². The predicted octanol–water partition coefficient (Wildman–Crippen LogP) is 5.16. The number of carbonyl (C=O) groups excluding carboxylic acids is 1. The zero-order valence-corrected chi connectivity index (χ0v) is 17.6. The molecule has 0 amide bonds. The van der Waals surface area contributed by atoms with Gasteiger partial charge in [-0.05, 0) is 62.3 Å². The number of phenolic OH excluding ortho intramolecular Hbond substituents is 1. The number of carbonyl (C=O) groups is 1. The number of ketones is 1. The summed E-state index contributed by atoms with van der Waals surface area (Å²) in [6.45, 7) is 0. The Bertz CT molecular complexity index is 1200. The molecule has 5 nitrogen and oxygen atoms in total. The van der Waals surface area contributed by atoms with E-state index in [1.54, 1.807) is 24.4 Å². The molecule has 1 aromatic heterocycles. The molecule has 0 bridgehead atoms. The molecule has 2 aliphatic carbocycles. The maximum absolute atomic E-state index is 14.5. The normalized spacial score (nSPS) is 21.0. The van der Waals surface area contributed by atoms with Crippen LogP contribution in [-0.4, -0.2) is 28.0 Å². The van der Waals surface area contributed by atoms with Crippen molar-refractivity contribution in [1.82, 2.24) is 4.98 Å². The lowest BCUT2D eigenvalue weighted by molar-refractivity contribution is 0.0968.